The van der Waals surface area contributed by atoms with E-state index in [-0.39, 0.29) is 11.7 Å². The molecule has 3 rings (SSSR count). The average molecular weight is 347 g/mol. The van der Waals surface area contributed by atoms with E-state index in [4.69, 9.17) is 10.5 Å². The van der Waals surface area contributed by atoms with E-state index in [1.165, 1.54) is 5.57 Å². The van der Waals surface area contributed by atoms with Gasteiger partial charge in [-0.1, -0.05) is 35.9 Å². The topological polar surface area (TPSA) is 81.3 Å². The lowest BCUT2D eigenvalue weighted by Crippen LogP contribution is -1.99. The fraction of sp³-hybridized carbons (Fsp3) is 0.143. The van der Waals surface area contributed by atoms with Crippen LogP contribution >= 0.6 is 0 Å². The first-order valence-corrected chi connectivity index (χ1v) is 8.32. The van der Waals surface area contributed by atoms with E-state index in [0.29, 0.717) is 23.6 Å². The first-order chi connectivity index (χ1) is 12.5. The molecule has 1 heterocycles. The molecular formula is C21H21N3O2. The molecule has 5 nitrogen and oxygen atoms in total. The molecule has 3 N–H and O–H groups in total. The molecule has 5 heteroatoms. The number of ether oxygens (including phenoxy) is 1. The lowest BCUT2D eigenvalue weighted by atomic mass is 10.00. The normalized spacial score (nSPS) is 10.4. The van der Waals surface area contributed by atoms with Crippen LogP contribution in [0.3, 0.4) is 0 Å². The summed E-state index contributed by atoms with van der Waals surface area (Å²) in [5.41, 5.74) is 9.86. The highest BCUT2D eigenvalue weighted by molar-refractivity contribution is 5.83. The second kappa shape index (κ2) is 7.70. The van der Waals surface area contributed by atoms with Crippen LogP contribution in [0.4, 0.5) is 5.95 Å². The van der Waals surface area contributed by atoms with E-state index in [1.807, 2.05) is 50.3 Å². The standard InChI is InChI=1S/C21H21N3O2/c1-14(2)10-11-26-16-8-9-17(19(25)12-16)20-18(13-23-21(22)24-20)15-6-4-3-5-7-15/h3-10,12-13,25H,11H2,1-2H3,(H2,22,23,24). The Morgan fingerprint density at radius 1 is 1.12 bits per heavy atom. The van der Waals surface area contributed by atoms with Crippen LogP contribution in [-0.2, 0) is 0 Å². The second-order valence-corrected chi connectivity index (χ2v) is 6.13. The lowest BCUT2D eigenvalue weighted by Gasteiger charge is -2.12. The Morgan fingerprint density at radius 2 is 1.88 bits per heavy atom. The molecule has 0 fully saturated rings. The summed E-state index contributed by atoms with van der Waals surface area (Å²) in [6.45, 7) is 4.47. The fourth-order valence-corrected chi connectivity index (χ4v) is 2.54. The molecule has 2 aromatic carbocycles. The Morgan fingerprint density at radius 3 is 2.58 bits per heavy atom. The van der Waals surface area contributed by atoms with Gasteiger partial charge in [0.1, 0.15) is 18.1 Å². The Kier molecular flexibility index (Phi) is 5.17. The molecule has 0 amide bonds. The molecule has 0 atom stereocenters. The van der Waals surface area contributed by atoms with E-state index in [2.05, 4.69) is 9.97 Å². The summed E-state index contributed by atoms with van der Waals surface area (Å²) < 4.78 is 5.63. The van der Waals surface area contributed by atoms with Gasteiger partial charge in [-0.05, 0) is 37.6 Å². The highest BCUT2D eigenvalue weighted by atomic mass is 16.5. The van der Waals surface area contributed by atoms with E-state index in [9.17, 15) is 5.11 Å². The molecule has 0 saturated heterocycles. The van der Waals surface area contributed by atoms with Crippen molar-refractivity contribution in [3.05, 3.63) is 66.4 Å². The van der Waals surface area contributed by atoms with Gasteiger partial charge in [0, 0.05) is 23.4 Å². The van der Waals surface area contributed by atoms with Gasteiger partial charge < -0.3 is 15.6 Å². The number of aromatic hydroxyl groups is 1. The molecule has 0 spiro atoms. The maximum absolute atomic E-state index is 10.5. The van der Waals surface area contributed by atoms with Crippen LogP contribution in [0.2, 0.25) is 0 Å². The maximum atomic E-state index is 10.5. The number of benzene rings is 2. The molecular weight excluding hydrogens is 326 g/mol. The number of phenolic OH excluding ortho intramolecular Hbond substituents is 1. The van der Waals surface area contributed by atoms with Gasteiger partial charge in [-0.15, -0.1) is 0 Å². The van der Waals surface area contributed by atoms with Crippen LogP contribution in [0.15, 0.2) is 66.4 Å². The van der Waals surface area contributed by atoms with Crippen molar-refractivity contribution in [2.24, 2.45) is 0 Å². The summed E-state index contributed by atoms with van der Waals surface area (Å²) in [4.78, 5) is 8.45. The summed E-state index contributed by atoms with van der Waals surface area (Å²) in [5, 5.41) is 10.5. The van der Waals surface area contributed by atoms with Gasteiger partial charge in [0.25, 0.3) is 0 Å². The van der Waals surface area contributed by atoms with Crippen LogP contribution in [-0.4, -0.2) is 21.7 Å². The number of allylic oxidation sites excluding steroid dienone is 1. The SMILES string of the molecule is CC(C)=CCOc1ccc(-c2nc(N)ncc2-c2ccccc2)c(O)c1. The number of hydrogen-bond acceptors (Lipinski definition) is 5. The number of hydrogen-bond donors (Lipinski definition) is 2. The number of anilines is 1. The highest BCUT2D eigenvalue weighted by Crippen LogP contribution is 2.37. The Balaban J connectivity index is 1.99. The molecule has 26 heavy (non-hydrogen) atoms. The van der Waals surface area contributed by atoms with Crippen molar-refractivity contribution < 1.29 is 9.84 Å². The van der Waals surface area contributed by atoms with Crippen molar-refractivity contribution in [3.63, 3.8) is 0 Å². The largest absolute Gasteiger partial charge is 0.507 e. The third kappa shape index (κ3) is 4.00. The molecule has 0 aliphatic rings. The lowest BCUT2D eigenvalue weighted by molar-refractivity contribution is 0.359. The summed E-state index contributed by atoms with van der Waals surface area (Å²) in [7, 11) is 0. The van der Waals surface area contributed by atoms with Crippen molar-refractivity contribution in [1.29, 1.82) is 0 Å². The second-order valence-electron chi connectivity index (χ2n) is 6.13. The molecule has 3 aromatic rings. The number of rotatable bonds is 5. The summed E-state index contributed by atoms with van der Waals surface area (Å²) in [5.74, 6) is 0.824. The first kappa shape index (κ1) is 17.5. The Labute approximate surface area is 152 Å². The van der Waals surface area contributed by atoms with E-state index < -0.39 is 0 Å². The molecule has 0 saturated carbocycles. The molecule has 0 radical (unpaired) electrons. The van der Waals surface area contributed by atoms with Gasteiger partial charge in [0.2, 0.25) is 5.95 Å². The van der Waals surface area contributed by atoms with Crippen molar-refractivity contribution in [2.45, 2.75) is 13.8 Å². The average Bonchev–Trinajstić information content (AvgIpc) is 2.62. The molecule has 0 unspecified atom stereocenters. The van der Waals surface area contributed by atoms with Crippen LogP contribution in [0.1, 0.15) is 13.8 Å². The highest BCUT2D eigenvalue weighted by Gasteiger charge is 2.14. The van der Waals surface area contributed by atoms with Crippen molar-refractivity contribution in [1.82, 2.24) is 9.97 Å². The number of aromatic nitrogens is 2. The number of nitrogen functional groups attached to an aromatic ring is 1. The molecule has 0 aliphatic carbocycles. The van der Waals surface area contributed by atoms with Crippen molar-refractivity contribution in [3.8, 4) is 33.9 Å². The van der Waals surface area contributed by atoms with Crippen molar-refractivity contribution in [2.75, 3.05) is 12.3 Å². The van der Waals surface area contributed by atoms with Crippen LogP contribution in [0.25, 0.3) is 22.4 Å². The number of nitrogens with zero attached hydrogens (tertiary/aromatic N) is 2. The van der Waals surface area contributed by atoms with Gasteiger partial charge in [-0.2, -0.15) is 0 Å². The van der Waals surface area contributed by atoms with Gasteiger partial charge in [0.05, 0.1) is 5.69 Å². The molecule has 0 bridgehead atoms. The van der Waals surface area contributed by atoms with Gasteiger partial charge in [-0.25, -0.2) is 9.97 Å². The third-order valence-corrected chi connectivity index (χ3v) is 3.86. The molecule has 1 aromatic heterocycles. The maximum Gasteiger partial charge on any atom is 0.220 e. The Bertz CT molecular complexity index is 933. The molecule has 132 valence electrons. The monoisotopic (exact) mass is 347 g/mol. The minimum absolute atomic E-state index is 0.0787. The van der Waals surface area contributed by atoms with Gasteiger partial charge in [-0.3, -0.25) is 0 Å². The number of phenols is 1. The van der Waals surface area contributed by atoms with Crippen LogP contribution < -0.4 is 10.5 Å². The Hall–Kier alpha value is -3.34. The van der Waals surface area contributed by atoms with Crippen molar-refractivity contribution >= 4 is 5.95 Å². The predicted octanol–water partition coefficient (Wildman–Crippen LogP) is 4.44. The third-order valence-electron chi connectivity index (χ3n) is 3.86. The summed E-state index contributed by atoms with van der Waals surface area (Å²) >= 11 is 0. The number of nitrogens with two attached hydrogens (primary N) is 1. The van der Waals surface area contributed by atoms with Crippen LogP contribution in [0.5, 0.6) is 11.5 Å². The minimum atomic E-state index is 0.0787. The zero-order valence-electron chi connectivity index (χ0n) is 14.8. The zero-order valence-corrected chi connectivity index (χ0v) is 14.8. The zero-order chi connectivity index (χ0) is 18.5. The first-order valence-electron chi connectivity index (χ1n) is 8.32. The smallest absolute Gasteiger partial charge is 0.220 e. The molecule has 0 aliphatic heterocycles. The van der Waals surface area contributed by atoms with Gasteiger partial charge >= 0.3 is 0 Å². The fourth-order valence-electron chi connectivity index (χ4n) is 2.54. The van der Waals surface area contributed by atoms with E-state index in [1.54, 1.807) is 24.4 Å². The van der Waals surface area contributed by atoms with E-state index >= 15 is 0 Å². The van der Waals surface area contributed by atoms with Gasteiger partial charge in [0.15, 0.2) is 0 Å². The quantitative estimate of drug-likeness (QED) is 0.667. The van der Waals surface area contributed by atoms with E-state index in [0.717, 1.165) is 11.1 Å². The summed E-state index contributed by atoms with van der Waals surface area (Å²) in [6, 6.07) is 14.9. The summed E-state index contributed by atoms with van der Waals surface area (Å²) in [6.07, 6.45) is 3.65. The minimum Gasteiger partial charge on any atom is -0.507 e. The predicted molar refractivity (Wildman–Crippen MR) is 104 cm³/mol. The van der Waals surface area contributed by atoms with Crippen LogP contribution in [0, 0.1) is 0 Å².